The lowest BCUT2D eigenvalue weighted by molar-refractivity contribution is 0.0528. The molecule has 166 valence electrons. The number of anilines is 1. The van der Waals surface area contributed by atoms with Gasteiger partial charge in [-0.3, -0.25) is 0 Å². The number of halogens is 1. The Balaban J connectivity index is 1.74. The number of nitrogens with zero attached hydrogens (tertiary/aromatic N) is 5. The summed E-state index contributed by atoms with van der Waals surface area (Å²) in [6.45, 7) is 6.34. The molecule has 8 nitrogen and oxygen atoms in total. The highest BCUT2D eigenvalue weighted by Gasteiger charge is 2.30. The van der Waals surface area contributed by atoms with Gasteiger partial charge in [-0.2, -0.15) is 5.10 Å². The predicted molar refractivity (Wildman–Crippen MR) is 118 cm³/mol. The molecule has 0 radical (unpaired) electrons. The van der Waals surface area contributed by atoms with Crippen LogP contribution in [0.3, 0.4) is 0 Å². The van der Waals surface area contributed by atoms with E-state index in [9.17, 15) is 9.18 Å². The summed E-state index contributed by atoms with van der Waals surface area (Å²) in [6, 6.07) is 3.14. The SMILES string of the molecule is CCOC(=O)c1cnn2ccc(N3CCCC3c3cc(F)cnc3C#CC(C)(C)N)nc12. The third-order valence-corrected chi connectivity index (χ3v) is 5.14. The van der Waals surface area contributed by atoms with E-state index < -0.39 is 17.3 Å². The number of carbonyl (C=O) groups is 1. The maximum absolute atomic E-state index is 14.2. The highest BCUT2D eigenvalue weighted by molar-refractivity contribution is 5.95. The van der Waals surface area contributed by atoms with Crippen molar-refractivity contribution in [1.82, 2.24) is 19.6 Å². The van der Waals surface area contributed by atoms with Crippen LogP contribution in [0.5, 0.6) is 0 Å². The fraction of sp³-hybridized carbons (Fsp3) is 0.391. The molecule has 1 unspecified atom stereocenters. The first-order valence-corrected chi connectivity index (χ1v) is 10.5. The average Bonchev–Trinajstić information content (AvgIpc) is 3.39. The van der Waals surface area contributed by atoms with E-state index in [2.05, 4.69) is 31.8 Å². The van der Waals surface area contributed by atoms with Crippen molar-refractivity contribution in [2.75, 3.05) is 18.1 Å². The summed E-state index contributed by atoms with van der Waals surface area (Å²) in [6.07, 6.45) is 6.05. The zero-order valence-electron chi connectivity index (χ0n) is 18.3. The van der Waals surface area contributed by atoms with Gasteiger partial charge in [-0.05, 0) is 51.7 Å². The Hall–Kier alpha value is -3.51. The van der Waals surface area contributed by atoms with Crippen LogP contribution in [0.15, 0.2) is 30.7 Å². The minimum absolute atomic E-state index is 0.160. The number of esters is 1. The highest BCUT2D eigenvalue weighted by atomic mass is 19.1. The molecule has 1 saturated heterocycles. The van der Waals surface area contributed by atoms with Crippen LogP contribution in [0.4, 0.5) is 10.2 Å². The second-order valence-corrected chi connectivity index (χ2v) is 8.25. The van der Waals surface area contributed by atoms with E-state index in [1.54, 1.807) is 27.0 Å². The van der Waals surface area contributed by atoms with Gasteiger partial charge in [0.2, 0.25) is 0 Å². The van der Waals surface area contributed by atoms with Crippen molar-refractivity contribution in [1.29, 1.82) is 0 Å². The lowest BCUT2D eigenvalue weighted by atomic mass is 10.0. The largest absolute Gasteiger partial charge is 0.462 e. The Bertz CT molecular complexity index is 1220. The van der Waals surface area contributed by atoms with Gasteiger partial charge < -0.3 is 15.4 Å². The lowest BCUT2D eigenvalue weighted by Gasteiger charge is -2.26. The molecule has 0 amide bonds. The van der Waals surface area contributed by atoms with Gasteiger partial charge in [0.1, 0.15) is 22.9 Å². The van der Waals surface area contributed by atoms with Crippen LogP contribution in [0.25, 0.3) is 5.65 Å². The Labute approximate surface area is 185 Å². The van der Waals surface area contributed by atoms with Gasteiger partial charge in [-0.15, -0.1) is 0 Å². The molecule has 1 aliphatic heterocycles. The van der Waals surface area contributed by atoms with Crippen LogP contribution < -0.4 is 10.6 Å². The predicted octanol–water partition coefficient (Wildman–Crippen LogP) is 2.87. The summed E-state index contributed by atoms with van der Waals surface area (Å²) in [5, 5.41) is 4.19. The summed E-state index contributed by atoms with van der Waals surface area (Å²) in [7, 11) is 0. The van der Waals surface area contributed by atoms with Gasteiger partial charge in [-0.1, -0.05) is 5.92 Å². The molecule has 0 spiro atoms. The molecule has 0 aliphatic carbocycles. The zero-order chi connectivity index (χ0) is 22.9. The number of rotatable bonds is 4. The molecule has 1 fully saturated rings. The quantitative estimate of drug-likeness (QED) is 0.496. The molecular weight excluding hydrogens is 411 g/mol. The molecule has 4 rings (SSSR count). The number of hydrogen-bond donors (Lipinski definition) is 1. The molecule has 32 heavy (non-hydrogen) atoms. The molecular formula is C23H25FN6O2. The van der Waals surface area contributed by atoms with Gasteiger partial charge in [0, 0.05) is 18.3 Å². The fourth-order valence-electron chi connectivity index (χ4n) is 3.77. The Kier molecular flexibility index (Phi) is 5.80. The van der Waals surface area contributed by atoms with Crippen molar-refractivity contribution < 1.29 is 13.9 Å². The molecule has 3 aromatic rings. The van der Waals surface area contributed by atoms with Gasteiger partial charge in [0.15, 0.2) is 5.65 Å². The van der Waals surface area contributed by atoms with Crippen molar-refractivity contribution in [3.63, 3.8) is 0 Å². The molecule has 0 aromatic carbocycles. The van der Waals surface area contributed by atoms with Crippen molar-refractivity contribution in [2.24, 2.45) is 5.73 Å². The number of nitrogens with two attached hydrogens (primary N) is 1. The minimum atomic E-state index is -0.694. The molecule has 4 heterocycles. The summed E-state index contributed by atoms with van der Waals surface area (Å²) >= 11 is 0. The van der Waals surface area contributed by atoms with Crippen LogP contribution in [0, 0.1) is 17.7 Å². The Morgan fingerprint density at radius 2 is 2.22 bits per heavy atom. The smallest absolute Gasteiger partial charge is 0.343 e. The average molecular weight is 436 g/mol. The van der Waals surface area contributed by atoms with Crippen molar-refractivity contribution in [3.8, 4) is 11.8 Å². The van der Waals surface area contributed by atoms with E-state index >= 15 is 0 Å². The standard InChI is InChI=1S/C23H25FN6O2/c1-4-32-22(31)17-14-27-30-11-8-20(28-21(17)30)29-10-5-6-19(29)16-12-15(24)13-26-18(16)7-9-23(2,3)25/h8,11-14,19H,4-6,10,25H2,1-3H3. The number of ether oxygens (including phenoxy) is 1. The summed E-state index contributed by atoms with van der Waals surface area (Å²) < 4.78 is 20.8. The first-order valence-electron chi connectivity index (χ1n) is 10.5. The van der Waals surface area contributed by atoms with Crippen LogP contribution >= 0.6 is 0 Å². The van der Waals surface area contributed by atoms with Crippen LogP contribution in [-0.2, 0) is 4.74 Å². The van der Waals surface area contributed by atoms with E-state index in [4.69, 9.17) is 10.5 Å². The minimum Gasteiger partial charge on any atom is -0.462 e. The second kappa shape index (κ2) is 8.55. The topological polar surface area (TPSA) is 98.6 Å². The van der Waals surface area contributed by atoms with Crippen molar-refractivity contribution >= 4 is 17.4 Å². The van der Waals surface area contributed by atoms with E-state index in [-0.39, 0.29) is 12.6 Å². The summed E-state index contributed by atoms with van der Waals surface area (Å²) in [4.78, 5) is 23.3. The summed E-state index contributed by atoms with van der Waals surface area (Å²) in [5.74, 6) is 5.76. The molecule has 2 N–H and O–H groups in total. The summed E-state index contributed by atoms with van der Waals surface area (Å²) in [5.41, 5.74) is 7.21. The van der Waals surface area contributed by atoms with E-state index in [1.807, 2.05) is 6.07 Å². The molecule has 1 aliphatic rings. The number of fused-ring (bicyclic) bond motifs is 1. The van der Waals surface area contributed by atoms with Crippen LogP contribution in [0.2, 0.25) is 0 Å². The number of carbonyl (C=O) groups excluding carboxylic acids is 1. The lowest BCUT2D eigenvalue weighted by Crippen LogP contribution is -2.29. The number of aromatic nitrogens is 4. The van der Waals surface area contributed by atoms with Crippen molar-refractivity contribution in [3.05, 3.63) is 53.4 Å². The Morgan fingerprint density at radius 3 is 2.97 bits per heavy atom. The van der Waals surface area contributed by atoms with E-state index in [1.165, 1.54) is 23.0 Å². The molecule has 0 bridgehead atoms. The number of hydrogen-bond acceptors (Lipinski definition) is 7. The van der Waals surface area contributed by atoms with Crippen molar-refractivity contribution in [2.45, 2.75) is 45.2 Å². The third kappa shape index (κ3) is 4.41. The maximum Gasteiger partial charge on any atom is 0.343 e. The molecule has 9 heteroatoms. The van der Waals surface area contributed by atoms with Gasteiger partial charge >= 0.3 is 5.97 Å². The van der Waals surface area contributed by atoms with E-state index in [0.717, 1.165) is 19.4 Å². The third-order valence-electron chi connectivity index (χ3n) is 5.14. The normalized spacial score (nSPS) is 16.2. The highest BCUT2D eigenvalue weighted by Crippen LogP contribution is 2.36. The maximum atomic E-state index is 14.2. The zero-order valence-corrected chi connectivity index (χ0v) is 18.3. The molecule has 3 aromatic heterocycles. The number of pyridine rings is 1. The van der Waals surface area contributed by atoms with Gasteiger partial charge in [0.25, 0.3) is 0 Å². The first kappa shape index (κ1) is 21.7. The monoisotopic (exact) mass is 436 g/mol. The van der Waals surface area contributed by atoms with Gasteiger partial charge in [0.05, 0.1) is 30.6 Å². The van der Waals surface area contributed by atoms with Crippen LogP contribution in [0.1, 0.15) is 61.3 Å². The second-order valence-electron chi connectivity index (χ2n) is 8.25. The molecule has 1 atom stereocenters. The Morgan fingerprint density at radius 1 is 1.41 bits per heavy atom. The van der Waals surface area contributed by atoms with Crippen LogP contribution in [-0.4, -0.2) is 44.2 Å². The van der Waals surface area contributed by atoms with E-state index in [0.29, 0.717) is 28.3 Å². The first-order chi connectivity index (χ1) is 15.3. The molecule has 0 saturated carbocycles. The fourth-order valence-corrected chi connectivity index (χ4v) is 3.77. The van der Waals surface area contributed by atoms with Gasteiger partial charge in [-0.25, -0.2) is 23.7 Å².